The number of oxazole rings is 1. The van der Waals surface area contributed by atoms with Crippen LogP contribution in [0.15, 0.2) is 15.9 Å². The fourth-order valence-electron chi connectivity index (χ4n) is 1.68. The number of aryl methyl sites for hydroxylation is 2. The first-order valence-electron chi connectivity index (χ1n) is 4.06. The van der Waals surface area contributed by atoms with Crippen LogP contribution >= 0.6 is 33.9 Å². The molecule has 0 unspecified atom stereocenters. The third-order valence-electron chi connectivity index (χ3n) is 2.25. The molecule has 0 N–H and O–H groups in total. The number of fused-ring (bicyclic) bond motifs is 3. The number of hydrogen-bond acceptors (Lipinski definition) is 3. The third kappa shape index (κ3) is 1.15. The standard InChI is InChI=1S/C9H6INOS/c10-9-11-8-5-3-4-13-7(5)2-1-6(8)12-9/h3-4H,1-2H2. The highest BCUT2D eigenvalue weighted by atomic mass is 127. The van der Waals surface area contributed by atoms with Gasteiger partial charge in [-0.15, -0.1) is 11.3 Å². The number of hydrogen-bond donors (Lipinski definition) is 0. The van der Waals surface area contributed by atoms with E-state index in [0.29, 0.717) is 0 Å². The van der Waals surface area contributed by atoms with Gasteiger partial charge in [0.1, 0.15) is 11.5 Å². The topological polar surface area (TPSA) is 26.0 Å². The van der Waals surface area contributed by atoms with Crippen molar-refractivity contribution in [1.82, 2.24) is 4.98 Å². The Morgan fingerprint density at radius 1 is 1.46 bits per heavy atom. The predicted octanol–water partition coefficient (Wildman–Crippen LogP) is 3.11. The first kappa shape index (κ1) is 7.99. The van der Waals surface area contributed by atoms with Gasteiger partial charge in [-0.3, -0.25) is 0 Å². The maximum atomic E-state index is 5.51. The number of rotatable bonds is 0. The second-order valence-electron chi connectivity index (χ2n) is 3.00. The van der Waals surface area contributed by atoms with Crippen molar-refractivity contribution in [2.45, 2.75) is 12.8 Å². The van der Waals surface area contributed by atoms with Crippen molar-refractivity contribution in [3.8, 4) is 11.3 Å². The maximum absolute atomic E-state index is 5.51. The highest BCUT2D eigenvalue weighted by molar-refractivity contribution is 14.1. The molecule has 4 heteroatoms. The molecule has 0 fully saturated rings. The summed E-state index contributed by atoms with van der Waals surface area (Å²) in [4.78, 5) is 5.83. The third-order valence-corrected chi connectivity index (χ3v) is 3.69. The molecule has 3 rings (SSSR count). The average molecular weight is 303 g/mol. The van der Waals surface area contributed by atoms with Gasteiger partial charge >= 0.3 is 0 Å². The quantitative estimate of drug-likeness (QED) is 0.699. The number of nitrogens with zero attached hydrogens (tertiary/aromatic N) is 1. The summed E-state index contributed by atoms with van der Waals surface area (Å²) in [7, 11) is 0. The summed E-state index contributed by atoms with van der Waals surface area (Å²) in [6.07, 6.45) is 2.10. The van der Waals surface area contributed by atoms with Crippen LogP contribution in [0.1, 0.15) is 10.6 Å². The van der Waals surface area contributed by atoms with E-state index in [1.807, 2.05) is 11.3 Å². The molecule has 2 aromatic heterocycles. The second-order valence-corrected chi connectivity index (χ2v) is 4.92. The van der Waals surface area contributed by atoms with Crippen LogP contribution in [0.4, 0.5) is 0 Å². The van der Waals surface area contributed by atoms with Crippen LogP contribution in [0.5, 0.6) is 0 Å². The zero-order valence-corrected chi connectivity index (χ0v) is 9.68. The molecule has 66 valence electrons. The summed E-state index contributed by atoms with van der Waals surface area (Å²) in [5.41, 5.74) is 2.34. The number of halogens is 1. The summed E-state index contributed by atoms with van der Waals surface area (Å²) in [6, 6.07) is 2.14. The van der Waals surface area contributed by atoms with Crippen molar-refractivity contribution in [3.05, 3.63) is 26.0 Å². The molecule has 0 saturated heterocycles. The van der Waals surface area contributed by atoms with Crippen LogP contribution in [0, 0.1) is 3.90 Å². The molecule has 0 spiro atoms. The van der Waals surface area contributed by atoms with Gasteiger partial charge in [0.2, 0.25) is 0 Å². The maximum Gasteiger partial charge on any atom is 0.257 e. The van der Waals surface area contributed by atoms with E-state index in [9.17, 15) is 0 Å². The molecule has 2 heterocycles. The number of aromatic nitrogens is 1. The normalized spacial score (nSPS) is 13.9. The molecule has 0 radical (unpaired) electrons. The van der Waals surface area contributed by atoms with E-state index in [2.05, 4.69) is 39.0 Å². The van der Waals surface area contributed by atoms with Crippen molar-refractivity contribution < 1.29 is 4.42 Å². The van der Waals surface area contributed by atoms with E-state index in [-0.39, 0.29) is 0 Å². The molecule has 2 nitrogen and oxygen atoms in total. The molecule has 0 atom stereocenters. The molecular weight excluding hydrogens is 297 g/mol. The number of thiophene rings is 1. The van der Waals surface area contributed by atoms with Gasteiger partial charge in [-0.2, -0.15) is 0 Å². The summed E-state index contributed by atoms with van der Waals surface area (Å²) in [5, 5.41) is 2.13. The minimum absolute atomic E-state index is 0.752. The highest BCUT2D eigenvalue weighted by Gasteiger charge is 2.22. The molecule has 1 aliphatic rings. The monoisotopic (exact) mass is 303 g/mol. The van der Waals surface area contributed by atoms with E-state index in [1.165, 1.54) is 10.4 Å². The Balaban J connectivity index is 2.29. The van der Waals surface area contributed by atoms with Gasteiger partial charge in [0, 0.05) is 39.5 Å². The minimum atomic E-state index is 0.752. The van der Waals surface area contributed by atoms with Crippen molar-refractivity contribution in [1.29, 1.82) is 0 Å². The van der Waals surface area contributed by atoms with E-state index in [1.54, 1.807) is 0 Å². The van der Waals surface area contributed by atoms with Gasteiger partial charge in [0.25, 0.3) is 3.90 Å². The Kier molecular flexibility index (Phi) is 1.73. The molecule has 0 amide bonds. The van der Waals surface area contributed by atoms with Crippen LogP contribution in [-0.4, -0.2) is 4.98 Å². The lowest BCUT2D eigenvalue weighted by atomic mass is 10.0. The van der Waals surface area contributed by atoms with Gasteiger partial charge in [0.05, 0.1) is 0 Å². The largest absolute Gasteiger partial charge is 0.436 e. The smallest absolute Gasteiger partial charge is 0.257 e. The van der Waals surface area contributed by atoms with Crippen molar-refractivity contribution in [3.63, 3.8) is 0 Å². The Morgan fingerprint density at radius 2 is 2.38 bits per heavy atom. The predicted molar refractivity (Wildman–Crippen MR) is 59.9 cm³/mol. The van der Waals surface area contributed by atoms with Crippen LogP contribution in [0.25, 0.3) is 11.3 Å². The fraction of sp³-hybridized carbons (Fsp3) is 0.222. The average Bonchev–Trinajstić information content (AvgIpc) is 2.65. The molecule has 0 bridgehead atoms. The van der Waals surface area contributed by atoms with E-state index in [4.69, 9.17) is 4.42 Å². The zero-order chi connectivity index (χ0) is 8.84. The van der Waals surface area contributed by atoms with Crippen LogP contribution in [0.3, 0.4) is 0 Å². The summed E-state index contributed by atoms with van der Waals surface area (Å²) in [6.45, 7) is 0. The van der Waals surface area contributed by atoms with Crippen molar-refractivity contribution >= 4 is 33.9 Å². The van der Waals surface area contributed by atoms with Crippen LogP contribution in [-0.2, 0) is 12.8 Å². The van der Waals surface area contributed by atoms with Gasteiger partial charge in [0.15, 0.2) is 0 Å². The lowest BCUT2D eigenvalue weighted by molar-refractivity contribution is 0.476. The van der Waals surface area contributed by atoms with Gasteiger partial charge in [-0.25, -0.2) is 4.98 Å². The fourth-order valence-corrected chi connectivity index (χ4v) is 3.06. The molecule has 2 aromatic rings. The highest BCUT2D eigenvalue weighted by Crippen LogP contribution is 2.36. The first-order chi connectivity index (χ1) is 6.34. The Bertz CT molecular complexity index is 460. The second kappa shape index (κ2) is 2.81. The van der Waals surface area contributed by atoms with Gasteiger partial charge < -0.3 is 4.42 Å². The lowest BCUT2D eigenvalue weighted by Gasteiger charge is -2.07. The molecule has 1 aliphatic carbocycles. The molecule has 0 aliphatic heterocycles. The summed E-state index contributed by atoms with van der Waals surface area (Å²) < 4.78 is 6.26. The van der Waals surface area contributed by atoms with Gasteiger partial charge in [-0.1, -0.05) is 0 Å². The first-order valence-corrected chi connectivity index (χ1v) is 6.02. The van der Waals surface area contributed by atoms with E-state index in [0.717, 1.165) is 28.2 Å². The van der Waals surface area contributed by atoms with Crippen molar-refractivity contribution in [2.75, 3.05) is 0 Å². The zero-order valence-electron chi connectivity index (χ0n) is 6.71. The SMILES string of the molecule is Ic1nc2c(o1)CCc1sccc1-2. The van der Waals surface area contributed by atoms with Crippen molar-refractivity contribution in [2.24, 2.45) is 0 Å². The summed E-state index contributed by atoms with van der Waals surface area (Å²) in [5.74, 6) is 1.05. The van der Waals surface area contributed by atoms with Crippen LogP contribution < -0.4 is 0 Å². The molecule has 0 saturated carbocycles. The minimum Gasteiger partial charge on any atom is -0.436 e. The lowest BCUT2D eigenvalue weighted by Crippen LogP contribution is -1.98. The molecular formula is C9H6INOS. The Labute approximate surface area is 93.1 Å². The molecule has 0 aromatic carbocycles. The van der Waals surface area contributed by atoms with Crippen LogP contribution in [0.2, 0.25) is 0 Å². The summed E-state index contributed by atoms with van der Waals surface area (Å²) >= 11 is 3.94. The van der Waals surface area contributed by atoms with Gasteiger partial charge in [-0.05, 0) is 17.9 Å². The van der Waals surface area contributed by atoms with E-state index < -0.39 is 0 Å². The molecule has 13 heavy (non-hydrogen) atoms. The Hall–Kier alpha value is -0.360. The van der Waals surface area contributed by atoms with E-state index >= 15 is 0 Å². The Morgan fingerprint density at radius 3 is 3.31 bits per heavy atom.